The molecule has 1 amide bonds. The van der Waals surface area contributed by atoms with Crippen LogP contribution in [0, 0.1) is 5.41 Å². The summed E-state index contributed by atoms with van der Waals surface area (Å²) in [5.74, 6) is -0.0829. The lowest BCUT2D eigenvalue weighted by Crippen LogP contribution is -2.45. The summed E-state index contributed by atoms with van der Waals surface area (Å²) in [6.07, 6.45) is 7.49. The molecule has 2 fully saturated rings. The van der Waals surface area contributed by atoms with E-state index >= 15 is 0 Å². The molecule has 0 atom stereocenters. The number of carbonyl (C=O) groups excluding carboxylic acids is 1. The molecule has 1 aromatic rings. The SMILES string of the molecule is Cl.O=C(c1cc2c([nH]c1=O)CCCC2)N1CCC2(CCNC2)CC1. The smallest absolute Gasteiger partial charge is 0.261 e. The second-order valence-corrected chi connectivity index (χ2v) is 7.44. The standard InChI is InChI=1S/C18H25N3O2.ClH/c22-16-14(11-13-3-1-2-4-15(13)20-16)17(23)21-9-6-18(7-10-21)5-8-19-12-18;/h11,19H,1-10,12H2,(H,20,22);1H. The van der Waals surface area contributed by atoms with Gasteiger partial charge in [0.2, 0.25) is 0 Å². The average molecular weight is 352 g/mol. The van der Waals surface area contributed by atoms with Gasteiger partial charge in [0.1, 0.15) is 5.56 Å². The third-order valence-corrected chi connectivity index (χ3v) is 6.01. The molecule has 1 aromatic heterocycles. The molecule has 0 saturated carbocycles. The Morgan fingerprint density at radius 1 is 1.12 bits per heavy atom. The first-order valence-electron chi connectivity index (χ1n) is 8.92. The van der Waals surface area contributed by atoms with E-state index in [1.165, 1.54) is 6.42 Å². The van der Waals surface area contributed by atoms with Gasteiger partial charge >= 0.3 is 0 Å². The number of amides is 1. The van der Waals surface area contributed by atoms with Crippen molar-refractivity contribution < 1.29 is 4.79 Å². The van der Waals surface area contributed by atoms with Crippen LogP contribution >= 0.6 is 12.4 Å². The monoisotopic (exact) mass is 351 g/mol. The lowest BCUT2D eigenvalue weighted by Gasteiger charge is -2.38. The fourth-order valence-corrected chi connectivity index (χ4v) is 4.41. The number of nitrogens with one attached hydrogen (secondary N) is 2. The molecule has 1 spiro atoms. The minimum Gasteiger partial charge on any atom is -0.338 e. The fourth-order valence-electron chi connectivity index (χ4n) is 4.41. The van der Waals surface area contributed by atoms with Gasteiger partial charge < -0.3 is 15.2 Å². The first-order valence-corrected chi connectivity index (χ1v) is 8.92. The van der Waals surface area contributed by atoms with E-state index in [0.29, 0.717) is 11.0 Å². The molecule has 3 aliphatic rings. The summed E-state index contributed by atoms with van der Waals surface area (Å²) in [6, 6.07) is 1.86. The van der Waals surface area contributed by atoms with Crippen LogP contribution in [0.2, 0.25) is 0 Å². The number of pyridine rings is 1. The minimum absolute atomic E-state index is 0. The van der Waals surface area contributed by atoms with Crippen LogP contribution in [0.3, 0.4) is 0 Å². The Labute approximate surface area is 148 Å². The largest absolute Gasteiger partial charge is 0.338 e. The predicted molar refractivity (Wildman–Crippen MR) is 96.0 cm³/mol. The highest BCUT2D eigenvalue weighted by atomic mass is 35.5. The zero-order valence-electron chi connectivity index (χ0n) is 14.0. The number of nitrogens with zero attached hydrogens (tertiary/aromatic N) is 1. The van der Waals surface area contributed by atoms with E-state index < -0.39 is 0 Å². The van der Waals surface area contributed by atoms with E-state index in [2.05, 4.69) is 10.3 Å². The first kappa shape index (κ1) is 17.5. The number of aryl methyl sites for hydroxylation is 2. The summed E-state index contributed by atoms with van der Waals surface area (Å²) in [5.41, 5.74) is 2.71. The molecule has 2 saturated heterocycles. The van der Waals surface area contributed by atoms with Crippen molar-refractivity contribution >= 4 is 18.3 Å². The number of fused-ring (bicyclic) bond motifs is 1. The van der Waals surface area contributed by atoms with E-state index in [9.17, 15) is 9.59 Å². The quantitative estimate of drug-likeness (QED) is 0.812. The van der Waals surface area contributed by atoms with Crippen LogP contribution < -0.4 is 10.9 Å². The highest BCUT2D eigenvalue weighted by Crippen LogP contribution is 2.37. The number of likely N-dealkylation sites (tertiary alicyclic amines) is 1. The van der Waals surface area contributed by atoms with E-state index in [1.54, 1.807) is 0 Å². The van der Waals surface area contributed by atoms with Gasteiger partial charge in [0.15, 0.2) is 0 Å². The summed E-state index contributed by atoms with van der Waals surface area (Å²) in [6.45, 7) is 3.72. The highest BCUT2D eigenvalue weighted by Gasteiger charge is 2.38. The Bertz CT molecular complexity index is 669. The van der Waals surface area contributed by atoms with E-state index in [4.69, 9.17) is 0 Å². The van der Waals surface area contributed by atoms with Gasteiger partial charge in [-0.3, -0.25) is 9.59 Å². The number of hydrogen-bond acceptors (Lipinski definition) is 3. The summed E-state index contributed by atoms with van der Waals surface area (Å²) >= 11 is 0. The highest BCUT2D eigenvalue weighted by molar-refractivity contribution is 5.94. The summed E-state index contributed by atoms with van der Waals surface area (Å²) in [4.78, 5) is 29.9. The van der Waals surface area contributed by atoms with Gasteiger partial charge in [0.05, 0.1) is 0 Å². The Morgan fingerprint density at radius 2 is 1.88 bits per heavy atom. The predicted octanol–water partition coefficient (Wildman–Crippen LogP) is 1.89. The third-order valence-electron chi connectivity index (χ3n) is 6.01. The number of piperidine rings is 1. The van der Waals surface area contributed by atoms with E-state index in [-0.39, 0.29) is 23.9 Å². The lowest BCUT2D eigenvalue weighted by atomic mass is 9.78. The van der Waals surface area contributed by atoms with Crippen LogP contribution in [0.4, 0.5) is 0 Å². The van der Waals surface area contributed by atoms with Crippen molar-refractivity contribution in [2.45, 2.75) is 44.9 Å². The van der Waals surface area contributed by atoms with Gasteiger partial charge in [-0.25, -0.2) is 0 Å². The van der Waals surface area contributed by atoms with Crippen LogP contribution in [0.25, 0.3) is 0 Å². The molecule has 4 rings (SSSR count). The maximum Gasteiger partial charge on any atom is 0.261 e. The van der Waals surface area contributed by atoms with Gasteiger partial charge in [-0.05, 0) is 68.5 Å². The second kappa shape index (κ2) is 6.89. The normalized spacial score (nSPS) is 22.1. The molecular formula is C18H26ClN3O2. The molecule has 2 aliphatic heterocycles. The molecule has 1 aliphatic carbocycles. The third kappa shape index (κ3) is 3.11. The fraction of sp³-hybridized carbons (Fsp3) is 0.667. The van der Waals surface area contributed by atoms with Gasteiger partial charge in [0, 0.05) is 25.3 Å². The Hall–Kier alpha value is -1.33. The second-order valence-electron chi connectivity index (χ2n) is 7.44. The van der Waals surface area contributed by atoms with Gasteiger partial charge in [0.25, 0.3) is 11.5 Å². The number of carbonyl (C=O) groups is 1. The van der Waals surface area contributed by atoms with Crippen molar-refractivity contribution in [3.05, 3.63) is 33.2 Å². The topological polar surface area (TPSA) is 65.2 Å². The average Bonchev–Trinajstić information content (AvgIpc) is 3.02. The van der Waals surface area contributed by atoms with Crippen LogP contribution in [-0.2, 0) is 12.8 Å². The van der Waals surface area contributed by atoms with Crippen molar-refractivity contribution in [1.82, 2.24) is 15.2 Å². The number of H-pyrrole nitrogens is 1. The minimum atomic E-state index is -0.210. The first-order chi connectivity index (χ1) is 11.2. The maximum atomic E-state index is 12.8. The number of aromatic nitrogens is 1. The molecule has 6 heteroatoms. The summed E-state index contributed by atoms with van der Waals surface area (Å²) < 4.78 is 0. The summed E-state index contributed by atoms with van der Waals surface area (Å²) in [5, 5.41) is 3.44. The molecule has 132 valence electrons. The van der Waals surface area contributed by atoms with Crippen molar-refractivity contribution in [2.24, 2.45) is 5.41 Å². The maximum absolute atomic E-state index is 12.8. The molecule has 0 unspecified atom stereocenters. The summed E-state index contributed by atoms with van der Waals surface area (Å²) in [7, 11) is 0. The molecule has 3 heterocycles. The molecule has 0 aromatic carbocycles. The number of hydrogen-bond donors (Lipinski definition) is 2. The van der Waals surface area contributed by atoms with Crippen molar-refractivity contribution in [3.63, 3.8) is 0 Å². The van der Waals surface area contributed by atoms with Gasteiger partial charge in [-0.1, -0.05) is 0 Å². The molecule has 2 N–H and O–H groups in total. The van der Waals surface area contributed by atoms with Crippen molar-refractivity contribution in [3.8, 4) is 0 Å². The zero-order valence-corrected chi connectivity index (χ0v) is 14.8. The molecule has 24 heavy (non-hydrogen) atoms. The van der Waals surface area contributed by atoms with Crippen LogP contribution in [0.1, 0.15) is 53.7 Å². The van der Waals surface area contributed by atoms with Gasteiger partial charge in [-0.15, -0.1) is 12.4 Å². The Morgan fingerprint density at radius 3 is 2.58 bits per heavy atom. The van der Waals surface area contributed by atoms with Crippen LogP contribution in [0.5, 0.6) is 0 Å². The van der Waals surface area contributed by atoms with Crippen molar-refractivity contribution in [1.29, 1.82) is 0 Å². The number of aromatic amines is 1. The number of halogens is 1. The van der Waals surface area contributed by atoms with Crippen molar-refractivity contribution in [2.75, 3.05) is 26.2 Å². The zero-order chi connectivity index (χ0) is 15.9. The van der Waals surface area contributed by atoms with Crippen LogP contribution in [0.15, 0.2) is 10.9 Å². The van der Waals surface area contributed by atoms with Crippen LogP contribution in [-0.4, -0.2) is 42.0 Å². The molecule has 0 bridgehead atoms. The van der Waals surface area contributed by atoms with E-state index in [1.807, 2.05) is 11.0 Å². The lowest BCUT2D eigenvalue weighted by molar-refractivity contribution is 0.0605. The van der Waals surface area contributed by atoms with E-state index in [0.717, 1.165) is 76.0 Å². The number of rotatable bonds is 1. The Balaban J connectivity index is 0.00000169. The molecule has 0 radical (unpaired) electrons. The molecule has 5 nitrogen and oxygen atoms in total. The molecular weight excluding hydrogens is 326 g/mol. The Kier molecular flexibility index (Phi) is 5.02. The van der Waals surface area contributed by atoms with Gasteiger partial charge in [-0.2, -0.15) is 0 Å².